The van der Waals surface area contributed by atoms with Crippen LogP contribution in [0.3, 0.4) is 0 Å². The highest BCUT2D eigenvalue weighted by atomic mass is 32.2. The summed E-state index contributed by atoms with van der Waals surface area (Å²) >= 11 is 1.27. The Hall–Kier alpha value is -3.27. The van der Waals surface area contributed by atoms with E-state index in [1.165, 1.54) is 23.4 Å². The van der Waals surface area contributed by atoms with Gasteiger partial charge in [-0.15, -0.1) is 11.8 Å². The lowest BCUT2D eigenvalue weighted by Crippen LogP contribution is -2.37. The molecule has 2 aromatic heterocycles. The molecule has 10 heteroatoms. The van der Waals surface area contributed by atoms with E-state index in [9.17, 15) is 14.4 Å². The first-order valence-electron chi connectivity index (χ1n) is 10.2. The summed E-state index contributed by atoms with van der Waals surface area (Å²) in [6, 6.07) is 5.20. The maximum Gasteiger partial charge on any atom is 0.332 e. The average Bonchev–Trinajstić information content (AvgIpc) is 3.22. The Balaban J connectivity index is 1.65. The number of anilines is 1. The number of carbonyl (C=O) groups is 1. The number of hydrogen-bond acceptors (Lipinski definition) is 7. The first-order chi connectivity index (χ1) is 15.3. The Kier molecular flexibility index (Phi) is 5.96. The Bertz CT molecular complexity index is 1330. The van der Waals surface area contributed by atoms with Crippen molar-refractivity contribution in [3.05, 3.63) is 50.8 Å². The summed E-state index contributed by atoms with van der Waals surface area (Å²) in [7, 11) is 3.03. The molecule has 0 spiro atoms. The standard InChI is InChI=1S/C22H24N4O5S/c1-12(2)7-13-9-23-20-18(21(28)26(4)22(29)25(20)3)19(13)32-10-17(27)24-14-5-6-15-16(8-14)31-11-30-15/h5-6,8-9,12H,7,10-11H2,1-4H3,(H,24,27). The molecular weight excluding hydrogens is 432 g/mol. The molecule has 1 aliphatic heterocycles. The number of amides is 1. The lowest BCUT2D eigenvalue weighted by Gasteiger charge is -2.15. The molecule has 0 radical (unpaired) electrons. The number of thioether (sulfide) groups is 1. The van der Waals surface area contributed by atoms with E-state index >= 15 is 0 Å². The molecule has 168 valence electrons. The number of pyridine rings is 1. The van der Waals surface area contributed by atoms with E-state index < -0.39 is 11.2 Å². The predicted molar refractivity (Wildman–Crippen MR) is 123 cm³/mol. The van der Waals surface area contributed by atoms with Crippen molar-refractivity contribution in [2.45, 2.75) is 25.2 Å². The molecule has 0 unspecified atom stereocenters. The molecule has 1 N–H and O–H groups in total. The topological polar surface area (TPSA) is 104 Å². The number of hydrogen-bond donors (Lipinski definition) is 1. The Morgan fingerprint density at radius 1 is 1.19 bits per heavy atom. The van der Waals surface area contributed by atoms with E-state index in [1.807, 2.05) is 0 Å². The van der Waals surface area contributed by atoms with Crippen LogP contribution in [0.2, 0.25) is 0 Å². The van der Waals surface area contributed by atoms with Gasteiger partial charge < -0.3 is 14.8 Å². The Labute approximate surface area is 188 Å². The van der Waals surface area contributed by atoms with Gasteiger partial charge >= 0.3 is 5.69 Å². The van der Waals surface area contributed by atoms with Crippen molar-refractivity contribution in [2.75, 3.05) is 17.9 Å². The second-order valence-corrected chi connectivity index (χ2v) is 9.01. The Morgan fingerprint density at radius 3 is 2.69 bits per heavy atom. The second-order valence-electron chi connectivity index (χ2n) is 8.02. The maximum absolute atomic E-state index is 13.0. The second kappa shape index (κ2) is 8.70. The van der Waals surface area contributed by atoms with Gasteiger partial charge in [0.15, 0.2) is 11.5 Å². The minimum atomic E-state index is -0.442. The number of nitrogens with zero attached hydrogens (tertiary/aromatic N) is 3. The van der Waals surface area contributed by atoms with E-state index in [4.69, 9.17) is 9.47 Å². The van der Waals surface area contributed by atoms with Crippen LogP contribution in [-0.4, -0.2) is 32.6 Å². The van der Waals surface area contributed by atoms with Gasteiger partial charge in [0.1, 0.15) is 5.65 Å². The van der Waals surface area contributed by atoms with Gasteiger partial charge in [-0.05, 0) is 30.0 Å². The summed E-state index contributed by atoms with van der Waals surface area (Å²) in [5.41, 5.74) is 0.927. The number of aromatic nitrogens is 3. The quantitative estimate of drug-likeness (QED) is 0.568. The minimum Gasteiger partial charge on any atom is -0.454 e. The van der Waals surface area contributed by atoms with Crippen LogP contribution in [0.5, 0.6) is 11.5 Å². The van der Waals surface area contributed by atoms with E-state index in [0.29, 0.717) is 45.5 Å². The number of rotatable bonds is 6. The molecule has 1 amide bonds. The summed E-state index contributed by atoms with van der Waals surface area (Å²) in [6.45, 7) is 4.31. The normalized spacial score (nSPS) is 12.5. The van der Waals surface area contributed by atoms with Crippen LogP contribution in [0.15, 0.2) is 38.9 Å². The number of fused-ring (bicyclic) bond motifs is 2. The van der Waals surface area contributed by atoms with Crippen LogP contribution >= 0.6 is 11.8 Å². The number of nitrogens with one attached hydrogen (secondary N) is 1. The zero-order valence-corrected chi connectivity index (χ0v) is 19.1. The van der Waals surface area contributed by atoms with Crippen molar-refractivity contribution in [2.24, 2.45) is 20.0 Å². The number of benzene rings is 1. The third-order valence-corrected chi connectivity index (χ3v) is 6.29. The lowest BCUT2D eigenvalue weighted by molar-refractivity contribution is -0.113. The van der Waals surface area contributed by atoms with E-state index in [-0.39, 0.29) is 18.5 Å². The minimum absolute atomic E-state index is 0.0879. The van der Waals surface area contributed by atoms with Crippen molar-refractivity contribution in [3.63, 3.8) is 0 Å². The smallest absolute Gasteiger partial charge is 0.332 e. The summed E-state index contributed by atoms with van der Waals surface area (Å²) in [4.78, 5) is 43.0. The Morgan fingerprint density at radius 2 is 1.94 bits per heavy atom. The van der Waals surface area contributed by atoms with Crippen molar-refractivity contribution in [1.29, 1.82) is 0 Å². The van der Waals surface area contributed by atoms with Gasteiger partial charge in [0.25, 0.3) is 5.56 Å². The monoisotopic (exact) mass is 456 g/mol. The van der Waals surface area contributed by atoms with Crippen LogP contribution in [0.25, 0.3) is 11.0 Å². The summed E-state index contributed by atoms with van der Waals surface area (Å²) in [5, 5.41) is 3.20. The van der Waals surface area contributed by atoms with Crippen LogP contribution in [0, 0.1) is 5.92 Å². The van der Waals surface area contributed by atoms with Crippen molar-refractivity contribution >= 4 is 34.4 Å². The average molecular weight is 457 g/mol. The highest BCUT2D eigenvalue weighted by Crippen LogP contribution is 2.34. The molecule has 1 aromatic carbocycles. The SMILES string of the molecule is CC(C)Cc1cnc2c(c1SCC(=O)Nc1ccc3c(c1)OCO3)c(=O)n(C)c(=O)n2C. The van der Waals surface area contributed by atoms with E-state index in [1.54, 1.807) is 31.4 Å². The fourth-order valence-corrected chi connectivity index (χ4v) is 4.59. The molecule has 3 aromatic rings. The van der Waals surface area contributed by atoms with Crippen LogP contribution in [-0.2, 0) is 25.3 Å². The van der Waals surface area contributed by atoms with Crippen molar-refractivity contribution in [3.8, 4) is 11.5 Å². The van der Waals surface area contributed by atoms with Gasteiger partial charge in [-0.2, -0.15) is 0 Å². The van der Waals surface area contributed by atoms with Gasteiger partial charge in [0.2, 0.25) is 12.7 Å². The largest absolute Gasteiger partial charge is 0.454 e. The van der Waals surface area contributed by atoms with Gasteiger partial charge in [-0.1, -0.05) is 13.8 Å². The highest BCUT2D eigenvalue weighted by Gasteiger charge is 2.20. The molecular formula is C22H24N4O5S. The molecule has 4 rings (SSSR count). The van der Waals surface area contributed by atoms with Gasteiger partial charge in [-0.3, -0.25) is 18.7 Å². The van der Waals surface area contributed by atoms with Crippen molar-refractivity contribution < 1.29 is 14.3 Å². The molecule has 9 nitrogen and oxygen atoms in total. The summed E-state index contributed by atoms with van der Waals surface area (Å²) in [6.07, 6.45) is 2.39. The molecule has 0 bridgehead atoms. The summed E-state index contributed by atoms with van der Waals surface area (Å²) in [5.74, 6) is 1.41. The molecule has 0 aliphatic carbocycles. The van der Waals surface area contributed by atoms with Gasteiger partial charge in [0.05, 0.1) is 11.1 Å². The zero-order valence-electron chi connectivity index (χ0n) is 18.3. The number of carbonyl (C=O) groups excluding carboxylic acids is 1. The fourth-order valence-electron chi connectivity index (χ4n) is 3.60. The van der Waals surface area contributed by atoms with Gasteiger partial charge in [0, 0.05) is 36.9 Å². The molecule has 0 saturated carbocycles. The van der Waals surface area contributed by atoms with E-state index in [2.05, 4.69) is 24.1 Å². The van der Waals surface area contributed by atoms with E-state index in [0.717, 1.165) is 10.1 Å². The van der Waals surface area contributed by atoms with Crippen LogP contribution in [0.4, 0.5) is 5.69 Å². The third kappa shape index (κ3) is 4.10. The maximum atomic E-state index is 13.0. The molecule has 1 aliphatic rings. The molecule has 3 heterocycles. The molecule has 0 saturated heterocycles. The molecule has 0 atom stereocenters. The highest BCUT2D eigenvalue weighted by molar-refractivity contribution is 8.00. The van der Waals surface area contributed by atoms with Gasteiger partial charge in [-0.25, -0.2) is 9.78 Å². The number of aryl methyl sites for hydroxylation is 1. The van der Waals surface area contributed by atoms with Crippen molar-refractivity contribution in [1.82, 2.24) is 14.1 Å². The fraction of sp³-hybridized carbons (Fsp3) is 0.364. The number of ether oxygens (including phenoxy) is 2. The molecule has 0 fully saturated rings. The first kappa shape index (κ1) is 21.9. The predicted octanol–water partition coefficient (Wildman–Crippen LogP) is 2.29. The van der Waals surface area contributed by atoms with Crippen LogP contribution < -0.4 is 26.0 Å². The third-order valence-electron chi connectivity index (χ3n) is 5.13. The zero-order chi connectivity index (χ0) is 23.0. The van der Waals surface area contributed by atoms with Crippen LogP contribution in [0.1, 0.15) is 19.4 Å². The molecule has 32 heavy (non-hydrogen) atoms. The lowest BCUT2D eigenvalue weighted by atomic mass is 10.0. The first-order valence-corrected chi connectivity index (χ1v) is 11.1. The summed E-state index contributed by atoms with van der Waals surface area (Å²) < 4.78 is 13.1.